The number of carbonyl (C=O) groups excluding carboxylic acids is 6. The van der Waals surface area contributed by atoms with Crippen LogP contribution in [-0.2, 0) is 24.0 Å². The number of hydrogen-bond donors (Lipinski definition) is 4. The molecule has 1 saturated heterocycles. The molecule has 2 heterocycles. The van der Waals surface area contributed by atoms with Gasteiger partial charge in [-0.05, 0) is 68.1 Å². The van der Waals surface area contributed by atoms with E-state index in [0.29, 0.717) is 19.4 Å². The first-order valence-electron chi connectivity index (χ1n) is 18.7. The molecule has 3 aliphatic carbocycles. The molecule has 0 radical (unpaired) electrons. The van der Waals surface area contributed by atoms with Crippen LogP contribution in [0.15, 0.2) is 18.6 Å². The lowest BCUT2D eigenvalue weighted by Gasteiger charge is -2.38. The van der Waals surface area contributed by atoms with Crippen molar-refractivity contribution in [3.8, 4) is 0 Å². The van der Waals surface area contributed by atoms with Crippen molar-refractivity contribution in [3.63, 3.8) is 0 Å². The van der Waals surface area contributed by atoms with E-state index in [0.717, 1.165) is 70.6 Å². The molecular formula is C37H55N7O6. The van der Waals surface area contributed by atoms with Gasteiger partial charge in [0.2, 0.25) is 23.5 Å². The Morgan fingerprint density at radius 3 is 2.28 bits per heavy atom. The fourth-order valence-electron chi connectivity index (χ4n) is 7.99. The summed E-state index contributed by atoms with van der Waals surface area (Å²) < 4.78 is 0. The maximum absolute atomic E-state index is 14.6. The average Bonchev–Trinajstić information content (AvgIpc) is 3.67. The van der Waals surface area contributed by atoms with E-state index < -0.39 is 59.0 Å². The lowest BCUT2D eigenvalue weighted by atomic mass is 9.82. The third kappa shape index (κ3) is 9.06. The van der Waals surface area contributed by atoms with E-state index in [4.69, 9.17) is 0 Å². The predicted molar refractivity (Wildman–Crippen MR) is 185 cm³/mol. The molecule has 5 amide bonds. The Kier molecular flexibility index (Phi) is 12.3. The number of likely N-dealkylation sites (tertiary alicyclic amines) is 1. The number of unbranched alkanes of at least 4 members (excludes halogenated alkanes) is 1. The number of Topliss-reactive ketones (excluding diaryl/α,β-unsaturated/α-hetero) is 1. The second-order valence-corrected chi connectivity index (χ2v) is 15.9. The van der Waals surface area contributed by atoms with Crippen molar-refractivity contribution in [3.05, 3.63) is 24.3 Å². The molecule has 274 valence electrons. The number of nitrogens with one attached hydrogen (secondary N) is 4. The van der Waals surface area contributed by atoms with Crippen molar-refractivity contribution in [2.45, 2.75) is 141 Å². The van der Waals surface area contributed by atoms with Gasteiger partial charge in [-0.3, -0.25) is 33.8 Å². The summed E-state index contributed by atoms with van der Waals surface area (Å²) >= 11 is 0. The second kappa shape index (κ2) is 16.4. The predicted octanol–water partition coefficient (Wildman–Crippen LogP) is 2.84. The van der Waals surface area contributed by atoms with Gasteiger partial charge >= 0.3 is 0 Å². The second-order valence-electron chi connectivity index (χ2n) is 15.9. The Morgan fingerprint density at radius 2 is 1.64 bits per heavy atom. The minimum Gasteiger partial charge on any atom is -0.347 e. The normalized spacial score (nSPS) is 24.0. The van der Waals surface area contributed by atoms with Gasteiger partial charge in [0.05, 0.1) is 12.2 Å². The monoisotopic (exact) mass is 693 g/mol. The van der Waals surface area contributed by atoms with Crippen LogP contribution in [0.5, 0.6) is 0 Å². The number of carbonyl (C=O) groups is 6. The van der Waals surface area contributed by atoms with Gasteiger partial charge in [-0.1, -0.05) is 66.2 Å². The first-order valence-corrected chi connectivity index (χ1v) is 18.7. The molecule has 3 saturated carbocycles. The summed E-state index contributed by atoms with van der Waals surface area (Å²) in [5.74, 6) is -3.17. The van der Waals surface area contributed by atoms with Gasteiger partial charge in [0.25, 0.3) is 11.8 Å². The molecule has 13 nitrogen and oxygen atoms in total. The van der Waals surface area contributed by atoms with Crippen LogP contribution in [0.3, 0.4) is 0 Å². The molecule has 6 atom stereocenters. The van der Waals surface area contributed by atoms with Gasteiger partial charge in [-0.25, -0.2) is 4.98 Å². The van der Waals surface area contributed by atoms with E-state index in [1.165, 1.54) is 18.6 Å². The number of nitrogens with zero attached hydrogens (tertiary/aromatic N) is 3. The van der Waals surface area contributed by atoms with E-state index >= 15 is 0 Å². The zero-order valence-corrected chi connectivity index (χ0v) is 30.0. The minimum absolute atomic E-state index is 0.0127. The van der Waals surface area contributed by atoms with Gasteiger partial charge in [0.1, 0.15) is 23.8 Å². The zero-order chi connectivity index (χ0) is 36.0. The molecule has 0 spiro atoms. The molecule has 1 aromatic heterocycles. The van der Waals surface area contributed by atoms with Gasteiger partial charge < -0.3 is 26.2 Å². The van der Waals surface area contributed by atoms with Crippen LogP contribution in [0.4, 0.5) is 0 Å². The summed E-state index contributed by atoms with van der Waals surface area (Å²) in [6, 6.07) is -3.67. The maximum atomic E-state index is 14.6. The van der Waals surface area contributed by atoms with Crippen molar-refractivity contribution in [2.75, 3.05) is 6.54 Å². The lowest BCUT2D eigenvalue weighted by molar-refractivity contribution is -0.146. The fraction of sp³-hybridized carbons (Fsp3) is 0.730. The molecule has 50 heavy (non-hydrogen) atoms. The minimum atomic E-state index is -0.995. The van der Waals surface area contributed by atoms with Crippen LogP contribution in [0.1, 0.15) is 122 Å². The van der Waals surface area contributed by atoms with Gasteiger partial charge in [0.15, 0.2) is 0 Å². The average molecular weight is 694 g/mol. The van der Waals surface area contributed by atoms with E-state index in [1.54, 1.807) is 4.90 Å². The fourth-order valence-corrected chi connectivity index (χ4v) is 7.99. The number of aromatic nitrogens is 2. The summed E-state index contributed by atoms with van der Waals surface area (Å²) in [6.07, 6.45) is 14.8. The van der Waals surface area contributed by atoms with E-state index in [2.05, 4.69) is 31.2 Å². The van der Waals surface area contributed by atoms with Crippen LogP contribution >= 0.6 is 0 Å². The molecule has 4 fully saturated rings. The van der Waals surface area contributed by atoms with Crippen LogP contribution in [-0.4, -0.2) is 86.9 Å². The number of amides is 5. The highest BCUT2D eigenvalue weighted by atomic mass is 16.2. The van der Waals surface area contributed by atoms with Gasteiger partial charge in [0, 0.05) is 25.0 Å². The van der Waals surface area contributed by atoms with Crippen LogP contribution in [0, 0.1) is 23.2 Å². The topological polar surface area (TPSA) is 180 Å². The van der Waals surface area contributed by atoms with Crippen molar-refractivity contribution in [2.24, 2.45) is 23.2 Å². The molecule has 0 bridgehead atoms. The Morgan fingerprint density at radius 1 is 0.900 bits per heavy atom. The molecule has 1 aromatic rings. The summed E-state index contributed by atoms with van der Waals surface area (Å²) in [5.41, 5.74) is -0.638. The Labute approximate surface area is 295 Å². The van der Waals surface area contributed by atoms with Crippen molar-refractivity contribution in [1.29, 1.82) is 0 Å². The molecular weight excluding hydrogens is 638 g/mol. The number of hydrogen-bond acceptors (Lipinski definition) is 8. The number of ketones is 1. The first-order chi connectivity index (χ1) is 23.9. The molecule has 4 N–H and O–H groups in total. The smallest absolute Gasteiger partial charge is 0.289 e. The first kappa shape index (κ1) is 37.4. The van der Waals surface area contributed by atoms with Crippen LogP contribution in [0.25, 0.3) is 0 Å². The standard InChI is InChI=1S/C37H55N7O6/c1-5-6-15-26(30(45)35(49)40-24-16-17-24)41-34(48)29-25-14-10-13-23(25)21-44(29)36(50)31(37(2,3)4)43-33(47)28(22-11-8-7-9-12-22)42-32(46)27-20-38-18-19-39-27/h18-20,22-26,28-29,31H,5-17,21H2,1-4H3,(H,40,49)(H,41,48)(H,42,46)(H,43,47)/t23-,25-,26?,28-,29-,31+/m0/s1. The molecule has 13 heteroatoms. The van der Waals surface area contributed by atoms with Crippen molar-refractivity contribution < 1.29 is 28.8 Å². The van der Waals surface area contributed by atoms with Gasteiger partial charge in [-0.15, -0.1) is 0 Å². The summed E-state index contributed by atoms with van der Waals surface area (Å²) in [7, 11) is 0. The summed E-state index contributed by atoms with van der Waals surface area (Å²) in [6.45, 7) is 7.96. The third-order valence-corrected chi connectivity index (χ3v) is 10.9. The van der Waals surface area contributed by atoms with Gasteiger partial charge in [-0.2, -0.15) is 0 Å². The highest BCUT2D eigenvalue weighted by molar-refractivity contribution is 6.38. The third-order valence-electron chi connectivity index (χ3n) is 10.9. The van der Waals surface area contributed by atoms with Crippen LogP contribution in [0.2, 0.25) is 0 Å². The highest BCUT2D eigenvalue weighted by Crippen LogP contribution is 2.43. The SMILES string of the molecule is CCCCC(NC(=O)[C@@H]1[C@H]2CCC[C@H]2CN1C(=O)[C@@H](NC(=O)[C@@H](NC(=O)c1cnccn1)C1CCCCC1)C(C)(C)C)C(=O)C(=O)NC1CC1. The van der Waals surface area contributed by atoms with Crippen LogP contribution < -0.4 is 21.3 Å². The molecule has 4 aliphatic rings. The molecule has 1 unspecified atom stereocenters. The molecule has 0 aromatic carbocycles. The Hall–Kier alpha value is -3.90. The zero-order valence-electron chi connectivity index (χ0n) is 30.0. The maximum Gasteiger partial charge on any atom is 0.289 e. The number of fused-ring (bicyclic) bond motifs is 1. The molecule has 1 aliphatic heterocycles. The van der Waals surface area contributed by atoms with Crippen molar-refractivity contribution in [1.82, 2.24) is 36.1 Å². The Bertz CT molecular complexity index is 1400. The lowest BCUT2D eigenvalue weighted by Crippen LogP contribution is -2.62. The highest BCUT2D eigenvalue weighted by Gasteiger charge is 2.52. The number of rotatable bonds is 14. The quantitative estimate of drug-likeness (QED) is 0.215. The molecule has 5 rings (SSSR count). The van der Waals surface area contributed by atoms with E-state index in [1.807, 2.05) is 27.7 Å². The summed E-state index contributed by atoms with van der Waals surface area (Å²) in [5, 5.41) is 11.5. The Balaban J connectivity index is 1.36. The summed E-state index contributed by atoms with van der Waals surface area (Å²) in [4.78, 5) is 91.8. The van der Waals surface area contributed by atoms with E-state index in [-0.39, 0.29) is 35.4 Å². The largest absolute Gasteiger partial charge is 0.347 e. The van der Waals surface area contributed by atoms with E-state index in [9.17, 15) is 28.8 Å². The van der Waals surface area contributed by atoms with Crippen molar-refractivity contribution >= 4 is 35.3 Å².